The average molecular weight is 509 g/mol. The van der Waals surface area contributed by atoms with Gasteiger partial charge in [-0.3, -0.25) is 9.67 Å². The number of rotatable bonds is 7. The second kappa shape index (κ2) is 9.86. The maximum Gasteiger partial charge on any atom is 0.446 e. The van der Waals surface area contributed by atoms with E-state index in [1.165, 1.54) is 12.1 Å². The molecule has 0 unspecified atom stereocenters. The van der Waals surface area contributed by atoms with Gasteiger partial charge >= 0.3 is 5.51 Å². The average Bonchev–Trinajstić information content (AvgIpc) is 3.23. The second-order valence-corrected chi connectivity index (χ2v) is 8.83. The van der Waals surface area contributed by atoms with Crippen LogP contribution >= 0.6 is 11.8 Å². The van der Waals surface area contributed by atoms with Crippen molar-refractivity contribution in [3.05, 3.63) is 84.8 Å². The van der Waals surface area contributed by atoms with Crippen molar-refractivity contribution in [3.63, 3.8) is 0 Å². The van der Waals surface area contributed by atoms with Crippen LogP contribution in [0.25, 0.3) is 22.4 Å². The number of methoxy groups -OCH3 is 1. The van der Waals surface area contributed by atoms with E-state index >= 15 is 0 Å². The topological polar surface area (TPSA) is 77.8 Å². The number of nitrogens with one attached hydrogen (secondary N) is 1. The molecule has 2 aromatic carbocycles. The molecule has 7 nitrogen and oxygen atoms in total. The Morgan fingerprint density at radius 1 is 1.00 bits per heavy atom. The molecule has 5 aromatic rings. The monoisotopic (exact) mass is 508 g/mol. The van der Waals surface area contributed by atoms with Crippen molar-refractivity contribution in [1.82, 2.24) is 24.7 Å². The molecule has 0 spiro atoms. The van der Waals surface area contributed by atoms with Crippen LogP contribution in [0.3, 0.4) is 0 Å². The lowest BCUT2D eigenvalue weighted by Gasteiger charge is -2.10. The fourth-order valence-electron chi connectivity index (χ4n) is 3.68. The zero-order valence-corrected chi connectivity index (χ0v) is 19.7. The maximum absolute atomic E-state index is 12.6. The van der Waals surface area contributed by atoms with E-state index in [1.54, 1.807) is 42.5 Å². The number of nitrogens with zero attached hydrogens (tertiary/aromatic N) is 5. The number of ether oxygens (including phenoxy) is 1. The highest BCUT2D eigenvalue weighted by Crippen LogP contribution is 2.37. The van der Waals surface area contributed by atoms with Crippen molar-refractivity contribution in [2.75, 3.05) is 12.4 Å². The van der Waals surface area contributed by atoms with Gasteiger partial charge < -0.3 is 10.1 Å². The fourth-order valence-corrected chi connectivity index (χ4v) is 4.22. The van der Waals surface area contributed by atoms with E-state index in [9.17, 15) is 13.2 Å². The summed E-state index contributed by atoms with van der Waals surface area (Å²) in [7, 11) is 1.54. The van der Waals surface area contributed by atoms with Crippen molar-refractivity contribution in [1.29, 1.82) is 0 Å². The van der Waals surface area contributed by atoms with Crippen molar-refractivity contribution in [2.24, 2.45) is 0 Å². The molecule has 3 aromatic heterocycles. The summed E-state index contributed by atoms with van der Waals surface area (Å²) in [5.41, 5.74) is -1.29. The highest BCUT2D eigenvalue weighted by atomic mass is 32.2. The molecule has 0 saturated carbocycles. The van der Waals surface area contributed by atoms with Gasteiger partial charge in [-0.1, -0.05) is 30.3 Å². The molecule has 5 rings (SSSR count). The Labute approximate surface area is 208 Å². The molecule has 0 fully saturated rings. The van der Waals surface area contributed by atoms with Gasteiger partial charge in [0, 0.05) is 28.4 Å². The minimum absolute atomic E-state index is 0.134. The maximum atomic E-state index is 12.6. The first-order valence-corrected chi connectivity index (χ1v) is 11.6. The number of halogens is 3. The fraction of sp³-hybridized carbons (Fsp3) is 0.120. The van der Waals surface area contributed by atoms with Crippen LogP contribution in [0.15, 0.2) is 84.1 Å². The third-order valence-electron chi connectivity index (χ3n) is 5.28. The number of thioether (sulfide) groups is 1. The van der Waals surface area contributed by atoms with Crippen molar-refractivity contribution < 1.29 is 17.9 Å². The standard InChI is InChI=1S/C25H19F3N6OS/c1-35-21-14-30-24(32-23(21)31-17-10-12-29-13-11-17)22-19-4-2-3-5-20(19)34(33-22)15-16-6-8-18(9-7-16)36-25(26,27)28/h2-14H,15H2,1H3,(H,29,30,31,32). The number of alkyl halides is 3. The first-order chi connectivity index (χ1) is 17.4. The van der Waals surface area contributed by atoms with E-state index in [2.05, 4.69) is 20.3 Å². The number of benzene rings is 2. The Balaban J connectivity index is 1.49. The van der Waals surface area contributed by atoms with Crippen LogP contribution < -0.4 is 10.1 Å². The van der Waals surface area contributed by atoms with Gasteiger partial charge in [0.15, 0.2) is 17.4 Å². The molecule has 36 heavy (non-hydrogen) atoms. The van der Waals surface area contributed by atoms with Crippen LogP contribution in [0.4, 0.5) is 24.7 Å². The highest BCUT2D eigenvalue weighted by Gasteiger charge is 2.29. The SMILES string of the molecule is COc1cnc(-c2nn(Cc3ccc(SC(F)(F)F)cc3)c3ccccc23)nc1Nc1ccncc1. The van der Waals surface area contributed by atoms with Crippen molar-refractivity contribution in [3.8, 4) is 17.3 Å². The summed E-state index contributed by atoms with van der Waals surface area (Å²) < 4.78 is 45.2. The van der Waals surface area contributed by atoms with Gasteiger partial charge in [-0.25, -0.2) is 9.97 Å². The number of aromatic nitrogens is 5. The number of hydrogen-bond donors (Lipinski definition) is 1. The lowest BCUT2D eigenvalue weighted by Crippen LogP contribution is -2.04. The molecule has 0 aliphatic heterocycles. The third-order valence-corrected chi connectivity index (χ3v) is 6.02. The minimum Gasteiger partial charge on any atom is -0.491 e. The van der Waals surface area contributed by atoms with E-state index in [-0.39, 0.29) is 16.7 Å². The highest BCUT2D eigenvalue weighted by molar-refractivity contribution is 8.00. The number of hydrogen-bond acceptors (Lipinski definition) is 7. The van der Waals surface area contributed by atoms with Crippen LogP contribution in [-0.4, -0.2) is 37.4 Å². The molecule has 0 bridgehead atoms. The van der Waals surface area contributed by atoms with Crippen LogP contribution in [0.1, 0.15) is 5.56 Å². The molecule has 182 valence electrons. The van der Waals surface area contributed by atoms with Gasteiger partial charge in [0.2, 0.25) is 0 Å². The van der Waals surface area contributed by atoms with Gasteiger partial charge in [0.25, 0.3) is 0 Å². The van der Waals surface area contributed by atoms with E-state index in [0.717, 1.165) is 22.2 Å². The predicted molar refractivity (Wildman–Crippen MR) is 132 cm³/mol. The number of para-hydroxylation sites is 1. The van der Waals surface area contributed by atoms with Gasteiger partial charge in [-0.15, -0.1) is 0 Å². The first kappa shape index (κ1) is 23.6. The molecule has 0 atom stereocenters. The summed E-state index contributed by atoms with van der Waals surface area (Å²) in [6.07, 6.45) is 4.91. The number of fused-ring (bicyclic) bond motifs is 1. The Morgan fingerprint density at radius 2 is 1.75 bits per heavy atom. The number of anilines is 2. The molecule has 0 radical (unpaired) electrons. The van der Waals surface area contributed by atoms with Gasteiger partial charge in [-0.05, 0) is 47.7 Å². The minimum atomic E-state index is -4.32. The van der Waals surface area contributed by atoms with E-state index in [4.69, 9.17) is 9.84 Å². The normalized spacial score (nSPS) is 11.6. The third kappa shape index (κ3) is 5.25. The predicted octanol–water partition coefficient (Wildman–Crippen LogP) is 6.30. The Bertz CT molecular complexity index is 1490. The Morgan fingerprint density at radius 3 is 2.47 bits per heavy atom. The van der Waals surface area contributed by atoms with Crippen LogP contribution in [0.2, 0.25) is 0 Å². The summed E-state index contributed by atoms with van der Waals surface area (Å²) in [5.74, 6) is 1.35. The molecule has 11 heteroatoms. The Kier molecular flexibility index (Phi) is 6.47. The molecule has 1 N–H and O–H groups in total. The second-order valence-electron chi connectivity index (χ2n) is 7.69. The molecule has 0 aliphatic carbocycles. The van der Waals surface area contributed by atoms with Crippen LogP contribution in [0, 0.1) is 0 Å². The molecule has 0 amide bonds. The van der Waals surface area contributed by atoms with Crippen molar-refractivity contribution >= 4 is 34.2 Å². The largest absolute Gasteiger partial charge is 0.491 e. The van der Waals surface area contributed by atoms with E-state index in [1.807, 2.05) is 36.4 Å². The molecule has 3 heterocycles. The lowest BCUT2D eigenvalue weighted by atomic mass is 10.2. The lowest BCUT2D eigenvalue weighted by molar-refractivity contribution is -0.0328. The molecular weight excluding hydrogens is 489 g/mol. The number of pyridine rings is 1. The summed E-state index contributed by atoms with van der Waals surface area (Å²) in [6, 6.07) is 17.6. The molecular formula is C25H19F3N6OS. The summed E-state index contributed by atoms with van der Waals surface area (Å²) in [4.78, 5) is 13.3. The zero-order valence-electron chi connectivity index (χ0n) is 18.9. The van der Waals surface area contributed by atoms with Gasteiger partial charge in [0.05, 0.1) is 25.4 Å². The Hall–Kier alpha value is -4.12. The van der Waals surface area contributed by atoms with Gasteiger partial charge in [0.1, 0.15) is 5.69 Å². The first-order valence-electron chi connectivity index (χ1n) is 10.8. The molecule has 0 saturated heterocycles. The quantitative estimate of drug-likeness (QED) is 0.259. The summed E-state index contributed by atoms with van der Waals surface area (Å²) in [6.45, 7) is 0.371. The van der Waals surface area contributed by atoms with E-state index in [0.29, 0.717) is 29.6 Å². The van der Waals surface area contributed by atoms with Crippen LogP contribution in [-0.2, 0) is 6.54 Å². The van der Waals surface area contributed by atoms with E-state index < -0.39 is 5.51 Å². The van der Waals surface area contributed by atoms with Crippen molar-refractivity contribution in [2.45, 2.75) is 16.9 Å². The smallest absolute Gasteiger partial charge is 0.446 e. The molecule has 0 aliphatic rings. The summed E-state index contributed by atoms with van der Waals surface area (Å²) in [5, 5.41) is 8.83. The summed E-state index contributed by atoms with van der Waals surface area (Å²) >= 11 is -0.134. The van der Waals surface area contributed by atoms with Gasteiger partial charge in [-0.2, -0.15) is 18.3 Å². The van der Waals surface area contributed by atoms with Crippen LogP contribution in [0.5, 0.6) is 5.75 Å². The zero-order chi connectivity index (χ0) is 25.1.